The highest BCUT2D eigenvalue weighted by Gasteiger charge is 2.35. The van der Waals surface area contributed by atoms with Gasteiger partial charge in [-0.3, -0.25) is 14.5 Å². The summed E-state index contributed by atoms with van der Waals surface area (Å²) < 4.78 is 4.86. The summed E-state index contributed by atoms with van der Waals surface area (Å²) in [5.74, 6) is -1.39. The van der Waals surface area contributed by atoms with Gasteiger partial charge in [-0.1, -0.05) is 19.1 Å². The number of esters is 1. The molecule has 21 heavy (non-hydrogen) atoms. The summed E-state index contributed by atoms with van der Waals surface area (Å²) in [5.41, 5.74) is 6.50. The van der Waals surface area contributed by atoms with Gasteiger partial charge >= 0.3 is 5.97 Å². The molecule has 1 aliphatic rings. The standard InChI is InChI=1S/C15H16N2O4/c1-2-7-21-13(18)8-10(16)9-17-14(19)11-5-3-4-6-12(11)15(17)20/h3-6,8H,2,7,9,16H2,1H3. The fourth-order valence-corrected chi connectivity index (χ4v) is 2.01. The van der Waals surface area contributed by atoms with Gasteiger partial charge in [0.15, 0.2) is 0 Å². The van der Waals surface area contributed by atoms with Crippen LogP contribution in [0.4, 0.5) is 0 Å². The number of hydrogen-bond acceptors (Lipinski definition) is 5. The van der Waals surface area contributed by atoms with E-state index in [0.717, 1.165) is 11.0 Å². The summed E-state index contributed by atoms with van der Waals surface area (Å²) in [6.07, 6.45) is 1.80. The lowest BCUT2D eigenvalue weighted by Crippen LogP contribution is -2.33. The van der Waals surface area contributed by atoms with Crippen molar-refractivity contribution < 1.29 is 19.1 Å². The zero-order valence-corrected chi connectivity index (χ0v) is 11.7. The number of nitrogens with zero attached hydrogens (tertiary/aromatic N) is 1. The van der Waals surface area contributed by atoms with Crippen molar-refractivity contribution in [2.45, 2.75) is 13.3 Å². The summed E-state index contributed by atoms with van der Waals surface area (Å²) >= 11 is 0. The number of carbonyl (C=O) groups excluding carboxylic acids is 3. The van der Waals surface area contributed by atoms with Gasteiger partial charge < -0.3 is 10.5 Å². The Balaban J connectivity index is 2.08. The molecule has 1 aromatic carbocycles. The molecule has 2 rings (SSSR count). The van der Waals surface area contributed by atoms with Crippen LogP contribution in [0.1, 0.15) is 34.1 Å². The monoisotopic (exact) mass is 288 g/mol. The number of nitrogens with two attached hydrogens (primary N) is 1. The largest absolute Gasteiger partial charge is 0.462 e. The topological polar surface area (TPSA) is 89.7 Å². The minimum Gasteiger partial charge on any atom is -0.462 e. The fraction of sp³-hybridized carbons (Fsp3) is 0.267. The van der Waals surface area contributed by atoms with Crippen LogP contribution >= 0.6 is 0 Å². The second kappa shape index (κ2) is 6.21. The third-order valence-electron chi connectivity index (χ3n) is 2.97. The van der Waals surface area contributed by atoms with Gasteiger partial charge in [-0.2, -0.15) is 0 Å². The van der Waals surface area contributed by atoms with Crippen LogP contribution in [0.5, 0.6) is 0 Å². The Bertz CT molecular complexity index is 587. The minimum absolute atomic E-state index is 0.102. The normalized spacial score (nSPS) is 14.3. The van der Waals surface area contributed by atoms with Crippen LogP contribution in [-0.2, 0) is 9.53 Å². The number of rotatable bonds is 5. The Morgan fingerprint density at radius 1 is 1.24 bits per heavy atom. The Labute approximate surface area is 122 Å². The van der Waals surface area contributed by atoms with Crippen LogP contribution in [0.15, 0.2) is 36.0 Å². The zero-order chi connectivity index (χ0) is 15.4. The second-order valence-electron chi connectivity index (χ2n) is 4.63. The molecule has 1 aliphatic heterocycles. The Morgan fingerprint density at radius 3 is 2.33 bits per heavy atom. The Morgan fingerprint density at radius 2 is 1.81 bits per heavy atom. The van der Waals surface area contributed by atoms with E-state index >= 15 is 0 Å². The summed E-state index contributed by atoms with van der Waals surface area (Å²) in [6.45, 7) is 2.04. The van der Waals surface area contributed by atoms with Crippen molar-refractivity contribution in [3.8, 4) is 0 Å². The first-order valence-corrected chi connectivity index (χ1v) is 6.62. The molecule has 110 valence electrons. The molecule has 0 aliphatic carbocycles. The summed E-state index contributed by atoms with van der Waals surface area (Å²) in [6, 6.07) is 6.56. The van der Waals surface area contributed by atoms with Crippen LogP contribution in [0.25, 0.3) is 0 Å². The van der Waals surface area contributed by atoms with Gasteiger partial charge in [0.25, 0.3) is 11.8 Å². The molecular weight excluding hydrogens is 272 g/mol. The van der Waals surface area contributed by atoms with Gasteiger partial charge in [0.05, 0.1) is 24.3 Å². The van der Waals surface area contributed by atoms with Crippen LogP contribution < -0.4 is 5.73 Å². The molecule has 0 aromatic heterocycles. The number of imide groups is 1. The molecule has 1 aromatic rings. The van der Waals surface area contributed by atoms with Gasteiger partial charge in [-0.25, -0.2) is 4.79 Å². The van der Waals surface area contributed by atoms with Crippen molar-refractivity contribution in [1.29, 1.82) is 0 Å². The van der Waals surface area contributed by atoms with E-state index < -0.39 is 17.8 Å². The SMILES string of the molecule is CCCOC(=O)C=C(N)CN1C(=O)c2ccccc2C1=O. The average molecular weight is 288 g/mol. The van der Waals surface area contributed by atoms with Crippen LogP contribution in [0, 0.1) is 0 Å². The molecule has 6 nitrogen and oxygen atoms in total. The number of hydrogen-bond donors (Lipinski definition) is 1. The summed E-state index contributed by atoms with van der Waals surface area (Å²) in [5, 5.41) is 0. The minimum atomic E-state index is -0.578. The predicted molar refractivity (Wildman–Crippen MR) is 75.3 cm³/mol. The lowest BCUT2D eigenvalue weighted by atomic mass is 10.1. The van der Waals surface area contributed by atoms with Crippen molar-refractivity contribution in [1.82, 2.24) is 4.90 Å². The molecule has 0 spiro atoms. The second-order valence-corrected chi connectivity index (χ2v) is 4.63. The van der Waals surface area contributed by atoms with Gasteiger partial charge in [0.2, 0.25) is 0 Å². The zero-order valence-electron chi connectivity index (χ0n) is 11.7. The van der Waals surface area contributed by atoms with E-state index in [2.05, 4.69) is 0 Å². The van der Waals surface area contributed by atoms with Crippen molar-refractivity contribution in [2.24, 2.45) is 5.73 Å². The van der Waals surface area contributed by atoms with E-state index in [-0.39, 0.29) is 12.2 Å². The molecule has 0 bridgehead atoms. The molecule has 1 heterocycles. The fourth-order valence-electron chi connectivity index (χ4n) is 2.01. The molecule has 6 heteroatoms. The van der Waals surface area contributed by atoms with Crippen molar-refractivity contribution in [2.75, 3.05) is 13.2 Å². The first-order valence-electron chi connectivity index (χ1n) is 6.62. The first kappa shape index (κ1) is 14.8. The van der Waals surface area contributed by atoms with E-state index in [1.807, 2.05) is 6.92 Å². The maximum Gasteiger partial charge on any atom is 0.332 e. The molecule has 2 amide bonds. The number of ether oxygens (including phenoxy) is 1. The predicted octanol–water partition coefficient (Wildman–Crippen LogP) is 1.08. The number of fused-ring (bicyclic) bond motifs is 1. The molecule has 0 saturated carbocycles. The molecule has 2 N–H and O–H groups in total. The summed E-state index contributed by atoms with van der Waals surface area (Å²) in [4.78, 5) is 36.6. The number of amides is 2. The van der Waals surface area contributed by atoms with E-state index in [1.54, 1.807) is 24.3 Å². The lowest BCUT2D eigenvalue weighted by molar-refractivity contribution is -0.137. The van der Waals surface area contributed by atoms with E-state index in [1.165, 1.54) is 0 Å². The number of benzene rings is 1. The molecular formula is C15H16N2O4. The maximum absolute atomic E-state index is 12.1. The highest BCUT2D eigenvalue weighted by Crippen LogP contribution is 2.22. The van der Waals surface area contributed by atoms with Crippen molar-refractivity contribution >= 4 is 17.8 Å². The third kappa shape index (κ3) is 3.10. The third-order valence-corrected chi connectivity index (χ3v) is 2.97. The average Bonchev–Trinajstić information content (AvgIpc) is 2.71. The lowest BCUT2D eigenvalue weighted by Gasteiger charge is -2.13. The smallest absolute Gasteiger partial charge is 0.332 e. The van der Waals surface area contributed by atoms with Crippen molar-refractivity contribution in [3.63, 3.8) is 0 Å². The van der Waals surface area contributed by atoms with Gasteiger partial charge in [0.1, 0.15) is 0 Å². The van der Waals surface area contributed by atoms with E-state index in [0.29, 0.717) is 24.2 Å². The van der Waals surface area contributed by atoms with Crippen LogP contribution in [0.3, 0.4) is 0 Å². The van der Waals surface area contributed by atoms with E-state index in [9.17, 15) is 14.4 Å². The van der Waals surface area contributed by atoms with E-state index in [4.69, 9.17) is 10.5 Å². The van der Waals surface area contributed by atoms with Crippen LogP contribution in [0.2, 0.25) is 0 Å². The molecule has 0 fully saturated rings. The molecule has 0 saturated heterocycles. The highest BCUT2D eigenvalue weighted by molar-refractivity contribution is 6.21. The first-order chi connectivity index (χ1) is 10.0. The summed E-state index contributed by atoms with van der Waals surface area (Å²) in [7, 11) is 0. The van der Waals surface area contributed by atoms with Gasteiger partial charge in [-0.05, 0) is 18.6 Å². The maximum atomic E-state index is 12.1. The Kier molecular flexibility index (Phi) is 4.37. The molecule has 0 radical (unpaired) electrons. The van der Waals surface area contributed by atoms with Gasteiger partial charge in [-0.15, -0.1) is 0 Å². The van der Waals surface area contributed by atoms with Crippen molar-refractivity contribution in [3.05, 3.63) is 47.2 Å². The molecule has 0 unspecified atom stereocenters. The Hall–Kier alpha value is -2.63. The van der Waals surface area contributed by atoms with Crippen LogP contribution in [-0.4, -0.2) is 35.8 Å². The van der Waals surface area contributed by atoms with Gasteiger partial charge in [0, 0.05) is 11.8 Å². The molecule has 0 atom stereocenters. The number of carbonyl (C=O) groups is 3. The highest BCUT2D eigenvalue weighted by atomic mass is 16.5. The quantitative estimate of drug-likeness (QED) is 0.497.